The Morgan fingerprint density at radius 3 is 1.91 bits per heavy atom. The van der Waals surface area contributed by atoms with Crippen molar-refractivity contribution in [1.82, 2.24) is 0 Å². The van der Waals surface area contributed by atoms with Crippen LogP contribution in [-0.2, 0) is 19.1 Å². The van der Waals surface area contributed by atoms with E-state index in [0.29, 0.717) is 0 Å². The van der Waals surface area contributed by atoms with Crippen LogP contribution in [0.4, 0.5) is 0 Å². The van der Waals surface area contributed by atoms with E-state index in [1.165, 1.54) is 44.6 Å². The van der Waals surface area contributed by atoms with Crippen molar-refractivity contribution in [2.24, 2.45) is 23.7 Å². The molecule has 182 valence electrons. The Morgan fingerprint density at radius 2 is 1.31 bits per heavy atom. The molecule has 4 nitrogen and oxygen atoms in total. The minimum absolute atomic E-state index is 0.0810. The van der Waals surface area contributed by atoms with E-state index >= 15 is 0 Å². The summed E-state index contributed by atoms with van der Waals surface area (Å²) in [4.78, 5) is 24.4. The number of rotatable bonds is 9. The topological polar surface area (TPSA) is 52.6 Å². The summed E-state index contributed by atoms with van der Waals surface area (Å²) in [6.07, 6.45) is 22.0. The normalized spacial score (nSPS) is 33.7. The van der Waals surface area contributed by atoms with E-state index in [0.717, 1.165) is 82.0 Å². The summed E-state index contributed by atoms with van der Waals surface area (Å²) in [5, 5.41) is 0. The molecule has 3 saturated carbocycles. The van der Waals surface area contributed by atoms with Gasteiger partial charge in [0.1, 0.15) is 12.2 Å². The lowest BCUT2D eigenvalue weighted by Crippen LogP contribution is -2.33. The van der Waals surface area contributed by atoms with Crippen molar-refractivity contribution < 1.29 is 19.1 Å². The maximum absolute atomic E-state index is 12.8. The molecule has 3 rings (SSSR count). The summed E-state index contributed by atoms with van der Waals surface area (Å²) in [6.45, 7) is 4.10. The molecule has 0 bridgehead atoms. The Balaban J connectivity index is 1.30. The van der Waals surface area contributed by atoms with Crippen molar-refractivity contribution in [2.75, 3.05) is 0 Å². The van der Waals surface area contributed by atoms with Gasteiger partial charge >= 0.3 is 11.9 Å². The number of ether oxygens (including phenoxy) is 2. The monoisotopic (exact) mass is 446 g/mol. The first-order valence-corrected chi connectivity index (χ1v) is 13.6. The Kier molecular flexibility index (Phi) is 10.6. The first kappa shape index (κ1) is 25.3. The number of esters is 2. The fraction of sp³-hybridized carbons (Fsp3) is 0.857. The molecule has 3 fully saturated rings. The van der Waals surface area contributed by atoms with E-state index < -0.39 is 0 Å². The summed E-state index contributed by atoms with van der Waals surface area (Å²) in [7, 11) is 0. The van der Waals surface area contributed by atoms with Crippen molar-refractivity contribution in [3.05, 3.63) is 12.2 Å². The highest BCUT2D eigenvalue weighted by Gasteiger charge is 2.35. The van der Waals surface area contributed by atoms with Gasteiger partial charge in [-0.1, -0.05) is 38.7 Å². The van der Waals surface area contributed by atoms with Gasteiger partial charge in [0.25, 0.3) is 0 Å². The van der Waals surface area contributed by atoms with Crippen molar-refractivity contribution in [3.63, 3.8) is 0 Å². The lowest BCUT2D eigenvalue weighted by molar-refractivity contribution is -0.157. The average molecular weight is 447 g/mol. The SMILES string of the molecule is C/C=C/C(=O)O[C@H]1CC[C@H]([C@H]2CC[C@H](C(=O)O[C@H]3CC[C@H](CCCCC)CC3)CC2)CC1. The summed E-state index contributed by atoms with van der Waals surface area (Å²) in [5.41, 5.74) is 0. The third kappa shape index (κ3) is 7.92. The van der Waals surface area contributed by atoms with Crippen molar-refractivity contribution in [1.29, 1.82) is 0 Å². The van der Waals surface area contributed by atoms with Gasteiger partial charge in [-0.15, -0.1) is 0 Å². The van der Waals surface area contributed by atoms with Crippen LogP contribution in [0.3, 0.4) is 0 Å². The van der Waals surface area contributed by atoms with Crippen molar-refractivity contribution in [2.45, 2.75) is 129 Å². The van der Waals surface area contributed by atoms with Crippen LogP contribution in [0.1, 0.15) is 117 Å². The van der Waals surface area contributed by atoms with Crippen LogP contribution in [0.5, 0.6) is 0 Å². The molecule has 0 spiro atoms. The number of carbonyl (C=O) groups is 2. The summed E-state index contributed by atoms with van der Waals surface area (Å²) in [5.74, 6) is 2.30. The second-order valence-corrected chi connectivity index (χ2v) is 10.7. The molecule has 0 aromatic heterocycles. The Bertz CT molecular complexity index is 589. The smallest absolute Gasteiger partial charge is 0.330 e. The van der Waals surface area contributed by atoms with Crippen LogP contribution < -0.4 is 0 Å². The molecule has 0 radical (unpaired) electrons. The van der Waals surface area contributed by atoms with Crippen molar-refractivity contribution in [3.8, 4) is 0 Å². The van der Waals surface area contributed by atoms with Crippen LogP contribution in [0.2, 0.25) is 0 Å². The Morgan fingerprint density at radius 1 is 0.750 bits per heavy atom. The van der Waals surface area contributed by atoms with Gasteiger partial charge in [0.15, 0.2) is 0 Å². The quantitative estimate of drug-likeness (QED) is 0.214. The van der Waals surface area contributed by atoms with Crippen LogP contribution in [-0.4, -0.2) is 24.1 Å². The fourth-order valence-electron chi connectivity index (χ4n) is 6.33. The van der Waals surface area contributed by atoms with Gasteiger partial charge in [-0.25, -0.2) is 4.79 Å². The first-order chi connectivity index (χ1) is 15.6. The molecule has 0 unspecified atom stereocenters. The molecule has 0 aliphatic heterocycles. The van der Waals surface area contributed by atoms with Gasteiger partial charge < -0.3 is 9.47 Å². The highest BCUT2D eigenvalue weighted by atomic mass is 16.5. The molecule has 0 heterocycles. The number of unbranched alkanes of at least 4 members (excludes halogenated alkanes) is 2. The summed E-state index contributed by atoms with van der Waals surface area (Å²) >= 11 is 0. The van der Waals surface area contributed by atoms with Crippen LogP contribution in [0.15, 0.2) is 12.2 Å². The molecule has 0 saturated heterocycles. The van der Waals surface area contributed by atoms with E-state index in [2.05, 4.69) is 6.92 Å². The molecule has 0 atom stereocenters. The van der Waals surface area contributed by atoms with Crippen LogP contribution in [0, 0.1) is 23.7 Å². The van der Waals surface area contributed by atoms with Gasteiger partial charge in [0.05, 0.1) is 5.92 Å². The largest absolute Gasteiger partial charge is 0.462 e. The molecule has 3 aliphatic rings. The molecular formula is C28H46O4. The molecule has 3 aliphatic carbocycles. The average Bonchev–Trinajstić information content (AvgIpc) is 2.81. The second-order valence-electron chi connectivity index (χ2n) is 10.7. The Labute approximate surface area is 195 Å². The van der Waals surface area contributed by atoms with Gasteiger partial charge in [0, 0.05) is 6.08 Å². The minimum Gasteiger partial charge on any atom is -0.462 e. The van der Waals surface area contributed by atoms with E-state index in [-0.39, 0.29) is 30.1 Å². The molecule has 32 heavy (non-hydrogen) atoms. The van der Waals surface area contributed by atoms with E-state index in [4.69, 9.17) is 9.47 Å². The Hall–Kier alpha value is -1.32. The minimum atomic E-state index is -0.208. The van der Waals surface area contributed by atoms with Crippen LogP contribution >= 0.6 is 0 Å². The van der Waals surface area contributed by atoms with Gasteiger partial charge in [-0.3, -0.25) is 4.79 Å². The molecule has 0 aromatic rings. The summed E-state index contributed by atoms with van der Waals surface area (Å²) < 4.78 is 11.5. The van der Waals surface area contributed by atoms with Crippen LogP contribution in [0.25, 0.3) is 0 Å². The molecule has 0 aromatic carbocycles. The second kappa shape index (κ2) is 13.4. The number of allylic oxidation sites excluding steroid dienone is 1. The van der Waals surface area contributed by atoms with Gasteiger partial charge in [-0.2, -0.15) is 0 Å². The standard InChI is InChI=1S/C28H46O4/c1-3-5-6-8-21-9-17-26(18-10-21)32-28(30)24-13-11-22(12-14-24)23-15-19-25(20-16-23)31-27(29)7-4-2/h4,7,21-26H,3,5-6,8-20H2,1-2H3/b7-4+/t21-,22-,23-,24-,25-,26-. The number of hydrogen-bond donors (Lipinski definition) is 0. The number of hydrogen-bond acceptors (Lipinski definition) is 4. The van der Waals surface area contributed by atoms with E-state index in [9.17, 15) is 9.59 Å². The highest BCUT2D eigenvalue weighted by Crippen LogP contribution is 2.41. The third-order valence-corrected chi connectivity index (χ3v) is 8.37. The molecule has 0 amide bonds. The molecule has 0 N–H and O–H groups in total. The van der Waals surface area contributed by atoms with E-state index in [1.54, 1.807) is 6.08 Å². The maximum Gasteiger partial charge on any atom is 0.330 e. The first-order valence-electron chi connectivity index (χ1n) is 13.6. The predicted molar refractivity (Wildman–Crippen MR) is 128 cm³/mol. The summed E-state index contributed by atoms with van der Waals surface area (Å²) in [6, 6.07) is 0. The predicted octanol–water partition coefficient (Wildman–Crippen LogP) is 7.15. The fourth-order valence-corrected chi connectivity index (χ4v) is 6.33. The zero-order valence-corrected chi connectivity index (χ0v) is 20.6. The lowest BCUT2D eigenvalue weighted by Gasteiger charge is -2.37. The lowest BCUT2D eigenvalue weighted by atomic mass is 9.70. The third-order valence-electron chi connectivity index (χ3n) is 8.37. The number of carbonyl (C=O) groups excluding carboxylic acids is 2. The zero-order chi connectivity index (χ0) is 22.8. The van der Waals surface area contributed by atoms with Gasteiger partial charge in [0.2, 0.25) is 0 Å². The van der Waals surface area contributed by atoms with E-state index in [1.807, 2.05) is 6.92 Å². The molecular weight excluding hydrogens is 400 g/mol. The highest BCUT2D eigenvalue weighted by molar-refractivity contribution is 5.81. The van der Waals surface area contributed by atoms with Gasteiger partial charge in [-0.05, 0) is 102 Å². The zero-order valence-electron chi connectivity index (χ0n) is 20.6. The molecule has 4 heteroatoms. The van der Waals surface area contributed by atoms with Crippen molar-refractivity contribution >= 4 is 11.9 Å². The maximum atomic E-state index is 12.8.